The number of aliphatic imine (C=N–C) groups is 1. The van der Waals surface area contributed by atoms with Crippen LogP contribution in [-0.2, 0) is 6.42 Å². The van der Waals surface area contributed by atoms with Gasteiger partial charge in [-0.2, -0.15) is 0 Å². The summed E-state index contributed by atoms with van der Waals surface area (Å²) >= 11 is 12.2. The molecule has 0 aliphatic carbocycles. The van der Waals surface area contributed by atoms with Crippen molar-refractivity contribution >= 4 is 46.3 Å². The molecule has 4 rings (SSSR count). The third-order valence-electron chi connectivity index (χ3n) is 5.67. The fourth-order valence-corrected chi connectivity index (χ4v) is 4.64. The first-order chi connectivity index (χ1) is 16.2. The molecule has 0 bridgehead atoms. The minimum atomic E-state index is -0.418. The molecule has 5 nitrogen and oxygen atoms in total. The molecule has 0 unspecified atom stereocenters. The highest BCUT2D eigenvalue weighted by molar-refractivity contribution is 6.40. The second-order valence-electron chi connectivity index (χ2n) is 8.80. The van der Waals surface area contributed by atoms with Gasteiger partial charge in [0.15, 0.2) is 5.78 Å². The van der Waals surface area contributed by atoms with E-state index in [1.165, 1.54) is 0 Å². The first-order valence-electron chi connectivity index (χ1n) is 10.8. The molecule has 1 amide bonds. The van der Waals surface area contributed by atoms with E-state index in [0.717, 1.165) is 29.0 Å². The number of hydrogen-bond donors (Lipinski definition) is 1. The van der Waals surface area contributed by atoms with Gasteiger partial charge in [-0.3, -0.25) is 14.6 Å². The summed E-state index contributed by atoms with van der Waals surface area (Å²) in [7, 11) is 1.62. The number of amides is 1. The van der Waals surface area contributed by atoms with E-state index in [0.29, 0.717) is 11.3 Å². The van der Waals surface area contributed by atoms with E-state index in [1.807, 2.05) is 18.2 Å². The lowest BCUT2D eigenvalue weighted by Gasteiger charge is -2.29. The number of ketones is 1. The van der Waals surface area contributed by atoms with E-state index in [4.69, 9.17) is 32.9 Å². The molecule has 7 heteroatoms. The van der Waals surface area contributed by atoms with Crippen molar-refractivity contribution < 1.29 is 14.3 Å². The number of benzene rings is 3. The van der Waals surface area contributed by atoms with Crippen molar-refractivity contribution in [3.05, 3.63) is 93.0 Å². The highest BCUT2D eigenvalue weighted by Gasteiger charge is 2.28. The van der Waals surface area contributed by atoms with E-state index in [-0.39, 0.29) is 33.4 Å². The molecule has 0 saturated heterocycles. The van der Waals surface area contributed by atoms with E-state index < -0.39 is 5.91 Å². The largest absolute Gasteiger partial charge is 0.497 e. The molecule has 1 heterocycles. The summed E-state index contributed by atoms with van der Waals surface area (Å²) in [6, 6.07) is 17.5. The van der Waals surface area contributed by atoms with Gasteiger partial charge in [0.1, 0.15) is 5.75 Å². The second kappa shape index (κ2) is 9.61. The molecule has 174 valence electrons. The van der Waals surface area contributed by atoms with Crippen LogP contribution in [-0.4, -0.2) is 30.1 Å². The Hall–Kier alpha value is -3.15. The van der Waals surface area contributed by atoms with Crippen LogP contribution >= 0.6 is 23.2 Å². The van der Waals surface area contributed by atoms with Gasteiger partial charge in [-0.1, -0.05) is 35.3 Å². The highest BCUT2D eigenvalue weighted by Crippen LogP contribution is 2.31. The van der Waals surface area contributed by atoms with Crippen molar-refractivity contribution in [2.24, 2.45) is 4.99 Å². The molecule has 0 fully saturated rings. The lowest BCUT2D eigenvalue weighted by atomic mass is 9.85. The topological polar surface area (TPSA) is 67.8 Å². The SMILES string of the molecule is COc1ccc2c(c1)C(CC(=O)c1ccc(NC(=O)c3c(Cl)cccc3Cl)cc1)=NC(C)(C)C2. The Morgan fingerprint density at radius 2 is 1.71 bits per heavy atom. The van der Waals surface area contributed by atoms with Gasteiger partial charge >= 0.3 is 0 Å². The van der Waals surface area contributed by atoms with Crippen LogP contribution in [0.2, 0.25) is 10.0 Å². The van der Waals surface area contributed by atoms with E-state index in [1.54, 1.807) is 49.6 Å². The third-order valence-corrected chi connectivity index (χ3v) is 6.30. The van der Waals surface area contributed by atoms with Crippen molar-refractivity contribution in [1.82, 2.24) is 0 Å². The number of fused-ring (bicyclic) bond motifs is 1. The Labute approximate surface area is 208 Å². The van der Waals surface area contributed by atoms with Gasteiger partial charge in [-0.25, -0.2) is 0 Å². The lowest BCUT2D eigenvalue weighted by molar-refractivity contribution is 0.0998. The summed E-state index contributed by atoms with van der Waals surface area (Å²) in [6.07, 6.45) is 0.971. The van der Waals surface area contributed by atoms with E-state index in [2.05, 4.69) is 19.2 Å². The molecule has 0 aromatic heterocycles. The molecule has 34 heavy (non-hydrogen) atoms. The van der Waals surface area contributed by atoms with Gasteiger partial charge in [-0.05, 0) is 74.4 Å². The maximum Gasteiger partial charge on any atom is 0.258 e. The van der Waals surface area contributed by atoms with Gasteiger partial charge in [0.05, 0.1) is 40.4 Å². The zero-order chi connectivity index (χ0) is 24.5. The predicted molar refractivity (Wildman–Crippen MR) is 137 cm³/mol. The summed E-state index contributed by atoms with van der Waals surface area (Å²) in [5, 5.41) is 3.30. The summed E-state index contributed by atoms with van der Waals surface area (Å²) in [4.78, 5) is 30.6. The van der Waals surface area contributed by atoms with Crippen LogP contribution < -0.4 is 10.1 Å². The molecule has 0 radical (unpaired) electrons. The standard InChI is InChI=1S/C27H24Cl2N2O3/c1-27(2)15-17-9-12-19(34-3)13-20(17)23(31-27)14-24(32)16-7-10-18(11-8-16)30-26(33)25-21(28)5-4-6-22(25)29/h4-13H,14-15H2,1-3H3,(H,30,33). The maximum absolute atomic E-state index is 13.1. The van der Waals surface area contributed by atoms with Gasteiger partial charge in [-0.15, -0.1) is 0 Å². The van der Waals surface area contributed by atoms with Crippen molar-refractivity contribution in [1.29, 1.82) is 0 Å². The smallest absolute Gasteiger partial charge is 0.258 e. The van der Waals surface area contributed by atoms with Crippen molar-refractivity contribution in [2.75, 3.05) is 12.4 Å². The minimum absolute atomic E-state index is 0.0581. The third kappa shape index (κ3) is 5.16. The summed E-state index contributed by atoms with van der Waals surface area (Å²) in [5.74, 6) is 0.258. The normalized spacial score (nSPS) is 14.1. The molecule has 3 aromatic rings. The second-order valence-corrected chi connectivity index (χ2v) is 9.61. The zero-order valence-electron chi connectivity index (χ0n) is 19.1. The monoisotopic (exact) mass is 494 g/mol. The van der Waals surface area contributed by atoms with Crippen LogP contribution in [0, 0.1) is 0 Å². The first-order valence-corrected chi connectivity index (χ1v) is 11.6. The average Bonchev–Trinajstić information content (AvgIpc) is 2.78. The van der Waals surface area contributed by atoms with Crippen molar-refractivity contribution in [2.45, 2.75) is 32.2 Å². The van der Waals surface area contributed by atoms with E-state index in [9.17, 15) is 9.59 Å². The van der Waals surface area contributed by atoms with Gasteiger partial charge in [0, 0.05) is 16.8 Å². The Kier molecular flexibility index (Phi) is 6.78. The fraction of sp³-hybridized carbons (Fsp3) is 0.222. The first kappa shape index (κ1) is 24.0. The summed E-state index contributed by atoms with van der Waals surface area (Å²) in [5.41, 5.74) is 3.84. The van der Waals surface area contributed by atoms with Crippen molar-refractivity contribution in [3.63, 3.8) is 0 Å². The van der Waals surface area contributed by atoms with Gasteiger partial charge < -0.3 is 10.1 Å². The highest BCUT2D eigenvalue weighted by atomic mass is 35.5. The number of carbonyl (C=O) groups excluding carboxylic acids is 2. The maximum atomic E-state index is 13.1. The quantitative estimate of drug-likeness (QED) is 0.390. The molecule has 0 saturated carbocycles. The molecule has 0 atom stereocenters. The number of hydrogen-bond acceptors (Lipinski definition) is 4. The van der Waals surface area contributed by atoms with E-state index >= 15 is 0 Å². The molecule has 1 N–H and O–H groups in total. The van der Waals surface area contributed by atoms with Crippen LogP contribution in [0.1, 0.15) is 52.1 Å². The Bertz CT molecular complexity index is 1280. The zero-order valence-corrected chi connectivity index (χ0v) is 20.6. The number of methoxy groups -OCH3 is 1. The number of nitrogens with one attached hydrogen (secondary N) is 1. The Morgan fingerprint density at radius 1 is 1.03 bits per heavy atom. The summed E-state index contributed by atoms with van der Waals surface area (Å²) in [6.45, 7) is 4.13. The number of anilines is 1. The average molecular weight is 495 g/mol. The predicted octanol–water partition coefficient (Wildman–Crippen LogP) is 6.65. The molecule has 1 aliphatic rings. The number of nitrogens with zero attached hydrogens (tertiary/aromatic N) is 1. The molecule has 3 aromatic carbocycles. The molecule has 1 aliphatic heterocycles. The number of Topliss-reactive ketones (excluding diaryl/α,β-unsaturated/α-hetero) is 1. The van der Waals surface area contributed by atoms with Crippen LogP contribution in [0.4, 0.5) is 5.69 Å². The van der Waals surface area contributed by atoms with Gasteiger partial charge in [0.25, 0.3) is 5.91 Å². The number of ether oxygens (including phenoxy) is 1. The Balaban J connectivity index is 1.51. The molecule has 0 spiro atoms. The number of halogens is 2. The van der Waals surface area contributed by atoms with Crippen LogP contribution in [0.15, 0.2) is 65.7 Å². The lowest BCUT2D eigenvalue weighted by Crippen LogP contribution is -2.30. The van der Waals surface area contributed by atoms with Crippen LogP contribution in [0.25, 0.3) is 0 Å². The fourth-order valence-electron chi connectivity index (χ4n) is 4.07. The van der Waals surface area contributed by atoms with Crippen LogP contribution in [0.3, 0.4) is 0 Å². The van der Waals surface area contributed by atoms with Crippen LogP contribution in [0.5, 0.6) is 5.75 Å². The van der Waals surface area contributed by atoms with Crippen molar-refractivity contribution in [3.8, 4) is 5.75 Å². The molecular formula is C27H24Cl2N2O3. The van der Waals surface area contributed by atoms with Gasteiger partial charge in [0.2, 0.25) is 0 Å². The summed E-state index contributed by atoms with van der Waals surface area (Å²) < 4.78 is 5.37. The number of rotatable bonds is 6. The minimum Gasteiger partial charge on any atom is -0.497 e. The molecular weight excluding hydrogens is 471 g/mol. The Morgan fingerprint density at radius 3 is 2.35 bits per heavy atom. The number of carbonyl (C=O) groups is 2.